The van der Waals surface area contributed by atoms with Gasteiger partial charge in [-0.15, -0.1) is 0 Å². The standard InChI is InChI=1S/C24H38O4Si/c1-18(2)16-25-24(7,8)28-29(26-19(3)4,27-20(5)6)17-22-14-11-13-21-12-9-10-15-23(21)22/h9-15,18-20H,16-17H2,1-8H3. The minimum Gasteiger partial charge on any atom is -0.371 e. The molecule has 0 aliphatic rings. The van der Waals surface area contributed by atoms with Crippen LogP contribution in [-0.4, -0.2) is 33.4 Å². The van der Waals surface area contributed by atoms with E-state index in [4.69, 9.17) is 18.0 Å². The molecule has 0 N–H and O–H groups in total. The van der Waals surface area contributed by atoms with Crippen LogP contribution in [0.4, 0.5) is 0 Å². The lowest BCUT2D eigenvalue weighted by atomic mass is 10.1. The van der Waals surface area contributed by atoms with E-state index in [0.29, 0.717) is 18.6 Å². The fourth-order valence-corrected chi connectivity index (χ4v) is 6.77. The zero-order chi connectivity index (χ0) is 21.7. The van der Waals surface area contributed by atoms with Crippen molar-refractivity contribution >= 4 is 19.6 Å². The Morgan fingerprint density at radius 1 is 0.828 bits per heavy atom. The maximum Gasteiger partial charge on any atom is 0.508 e. The molecule has 0 aliphatic carbocycles. The fourth-order valence-electron chi connectivity index (χ4n) is 3.36. The Hall–Kier alpha value is -1.24. The third-order valence-corrected chi connectivity index (χ3v) is 7.56. The Morgan fingerprint density at radius 2 is 1.41 bits per heavy atom. The normalized spacial score (nSPS) is 13.2. The SMILES string of the molecule is CC(C)COC(C)(C)O[Si](Cc1cccc2ccccc12)(OC(C)C)OC(C)C. The van der Waals surface area contributed by atoms with E-state index in [1.54, 1.807) is 0 Å². The van der Waals surface area contributed by atoms with Crippen LogP contribution in [0.2, 0.25) is 0 Å². The Bertz CT molecular complexity index is 755. The van der Waals surface area contributed by atoms with Crippen molar-refractivity contribution in [3.63, 3.8) is 0 Å². The summed E-state index contributed by atoms with van der Waals surface area (Å²) >= 11 is 0. The van der Waals surface area contributed by atoms with Crippen molar-refractivity contribution in [1.82, 2.24) is 0 Å². The zero-order valence-electron chi connectivity index (χ0n) is 19.3. The van der Waals surface area contributed by atoms with E-state index in [1.807, 2.05) is 41.5 Å². The molecule has 0 heterocycles. The highest BCUT2D eigenvalue weighted by Gasteiger charge is 2.48. The average Bonchev–Trinajstić information content (AvgIpc) is 2.58. The van der Waals surface area contributed by atoms with Crippen molar-refractivity contribution in [3.05, 3.63) is 48.0 Å². The highest BCUT2D eigenvalue weighted by atomic mass is 28.4. The third-order valence-electron chi connectivity index (χ3n) is 4.28. The van der Waals surface area contributed by atoms with Gasteiger partial charge in [0, 0.05) is 18.3 Å². The molecule has 2 aromatic carbocycles. The molecule has 0 aromatic heterocycles. The first-order valence-corrected chi connectivity index (χ1v) is 12.6. The van der Waals surface area contributed by atoms with Crippen molar-refractivity contribution in [3.8, 4) is 0 Å². The molecule has 162 valence electrons. The van der Waals surface area contributed by atoms with Crippen LogP contribution in [0.25, 0.3) is 10.8 Å². The Kier molecular flexibility index (Phi) is 8.44. The lowest BCUT2D eigenvalue weighted by Crippen LogP contribution is -2.56. The van der Waals surface area contributed by atoms with Gasteiger partial charge < -0.3 is 18.0 Å². The lowest BCUT2D eigenvalue weighted by Gasteiger charge is -2.39. The quantitative estimate of drug-likeness (QED) is 0.325. The second kappa shape index (κ2) is 10.2. The largest absolute Gasteiger partial charge is 0.508 e. The van der Waals surface area contributed by atoms with E-state index in [-0.39, 0.29) is 12.2 Å². The van der Waals surface area contributed by atoms with E-state index in [2.05, 4.69) is 56.3 Å². The smallest absolute Gasteiger partial charge is 0.371 e. The number of hydrogen-bond donors (Lipinski definition) is 0. The van der Waals surface area contributed by atoms with Crippen LogP contribution in [-0.2, 0) is 24.1 Å². The summed E-state index contributed by atoms with van der Waals surface area (Å²) in [5, 5.41) is 2.41. The van der Waals surface area contributed by atoms with Crippen molar-refractivity contribution in [2.75, 3.05) is 6.61 Å². The van der Waals surface area contributed by atoms with Crippen LogP contribution in [0, 0.1) is 5.92 Å². The summed E-state index contributed by atoms with van der Waals surface area (Å²) in [6.45, 7) is 16.9. The molecule has 0 spiro atoms. The van der Waals surface area contributed by atoms with E-state index >= 15 is 0 Å². The highest BCUT2D eigenvalue weighted by Crippen LogP contribution is 2.30. The molecule has 2 rings (SSSR count). The summed E-state index contributed by atoms with van der Waals surface area (Å²) in [5.41, 5.74) is 1.18. The van der Waals surface area contributed by atoms with E-state index in [1.165, 1.54) is 16.3 Å². The third kappa shape index (κ3) is 7.50. The van der Waals surface area contributed by atoms with Gasteiger partial charge in [-0.1, -0.05) is 56.3 Å². The maximum absolute atomic E-state index is 6.62. The minimum atomic E-state index is -3.11. The molecule has 0 atom stereocenters. The highest BCUT2D eigenvalue weighted by molar-refractivity contribution is 6.60. The molecule has 0 aliphatic heterocycles. The molecule has 4 nitrogen and oxygen atoms in total. The predicted octanol–water partition coefficient (Wildman–Crippen LogP) is 6.14. The topological polar surface area (TPSA) is 36.9 Å². The molecule has 0 saturated heterocycles. The summed E-state index contributed by atoms with van der Waals surface area (Å²) in [5.74, 6) is -0.380. The number of benzene rings is 2. The molecule has 0 saturated carbocycles. The first-order valence-electron chi connectivity index (χ1n) is 10.7. The number of fused-ring (bicyclic) bond motifs is 1. The summed E-state index contributed by atoms with van der Waals surface area (Å²) in [6, 6.07) is 15.4. The molecule has 2 aromatic rings. The zero-order valence-corrected chi connectivity index (χ0v) is 20.3. The molecule has 29 heavy (non-hydrogen) atoms. The van der Waals surface area contributed by atoms with Gasteiger partial charge in [0.25, 0.3) is 0 Å². The van der Waals surface area contributed by atoms with Crippen molar-refractivity contribution in [1.29, 1.82) is 0 Å². The summed E-state index contributed by atoms with van der Waals surface area (Å²) < 4.78 is 25.6. The summed E-state index contributed by atoms with van der Waals surface area (Å²) in [7, 11) is -3.11. The van der Waals surface area contributed by atoms with Gasteiger partial charge in [-0.05, 0) is 63.8 Å². The summed E-state index contributed by atoms with van der Waals surface area (Å²) in [6.07, 6.45) is -0.0346. The second-order valence-electron chi connectivity index (χ2n) is 9.04. The van der Waals surface area contributed by atoms with Gasteiger partial charge in [0.2, 0.25) is 0 Å². The molecule has 0 bridgehead atoms. The monoisotopic (exact) mass is 418 g/mol. The first-order chi connectivity index (χ1) is 13.5. The van der Waals surface area contributed by atoms with Crippen LogP contribution in [0.3, 0.4) is 0 Å². The van der Waals surface area contributed by atoms with Crippen LogP contribution < -0.4 is 0 Å². The maximum atomic E-state index is 6.62. The van der Waals surface area contributed by atoms with E-state index in [0.717, 1.165) is 0 Å². The van der Waals surface area contributed by atoms with Crippen LogP contribution >= 0.6 is 0 Å². The van der Waals surface area contributed by atoms with Gasteiger partial charge in [0.1, 0.15) is 0 Å². The Labute approximate surface area is 177 Å². The number of rotatable bonds is 11. The van der Waals surface area contributed by atoms with Crippen molar-refractivity contribution < 1.29 is 18.0 Å². The first kappa shape index (κ1) is 24.0. The second-order valence-corrected chi connectivity index (χ2v) is 11.4. The van der Waals surface area contributed by atoms with Gasteiger partial charge >= 0.3 is 8.80 Å². The Balaban J connectivity index is 2.44. The van der Waals surface area contributed by atoms with Crippen LogP contribution in [0.5, 0.6) is 0 Å². The van der Waals surface area contributed by atoms with Gasteiger partial charge in [0.05, 0.1) is 6.61 Å². The van der Waals surface area contributed by atoms with Crippen molar-refractivity contribution in [2.24, 2.45) is 5.92 Å². The minimum absolute atomic E-state index is 0.0173. The van der Waals surface area contributed by atoms with E-state index in [9.17, 15) is 0 Å². The van der Waals surface area contributed by atoms with Gasteiger partial charge in [-0.3, -0.25) is 0 Å². The van der Waals surface area contributed by atoms with E-state index < -0.39 is 14.6 Å². The Morgan fingerprint density at radius 3 is 2.00 bits per heavy atom. The molecule has 0 amide bonds. The van der Waals surface area contributed by atoms with Gasteiger partial charge in [0.15, 0.2) is 5.79 Å². The predicted molar refractivity (Wildman–Crippen MR) is 122 cm³/mol. The summed E-state index contributed by atoms with van der Waals surface area (Å²) in [4.78, 5) is 0. The number of hydrogen-bond acceptors (Lipinski definition) is 4. The van der Waals surface area contributed by atoms with Crippen LogP contribution in [0.15, 0.2) is 42.5 Å². The lowest BCUT2D eigenvalue weighted by molar-refractivity contribution is -0.196. The van der Waals surface area contributed by atoms with Gasteiger partial charge in [-0.2, -0.15) is 0 Å². The van der Waals surface area contributed by atoms with Crippen molar-refractivity contribution in [2.45, 2.75) is 79.4 Å². The molecule has 5 heteroatoms. The molecule has 0 radical (unpaired) electrons. The molecule has 0 fully saturated rings. The fraction of sp³-hybridized carbons (Fsp3) is 0.583. The van der Waals surface area contributed by atoms with Gasteiger partial charge in [-0.25, -0.2) is 0 Å². The number of ether oxygens (including phenoxy) is 1. The van der Waals surface area contributed by atoms with Crippen LogP contribution in [0.1, 0.15) is 61.0 Å². The molecular formula is C24H38O4Si. The molecule has 0 unspecified atom stereocenters. The average molecular weight is 419 g/mol. The molecular weight excluding hydrogens is 380 g/mol.